The van der Waals surface area contributed by atoms with Crippen LogP contribution in [0, 0.1) is 13.8 Å². The topological polar surface area (TPSA) is 89.6 Å². The van der Waals surface area contributed by atoms with Gasteiger partial charge >= 0.3 is 5.97 Å². The summed E-state index contributed by atoms with van der Waals surface area (Å²) in [7, 11) is 0. The van der Waals surface area contributed by atoms with Crippen LogP contribution in [0.3, 0.4) is 0 Å². The largest absolute Gasteiger partial charge is 0.476 e. The summed E-state index contributed by atoms with van der Waals surface area (Å²) in [4.78, 5) is 24.5. The van der Waals surface area contributed by atoms with E-state index in [1.807, 2.05) is 44.2 Å². The van der Waals surface area contributed by atoms with Crippen molar-refractivity contribution in [3.63, 3.8) is 0 Å². The number of hydroxylamine groups is 1. The van der Waals surface area contributed by atoms with Gasteiger partial charge in [0.05, 0.1) is 25.6 Å². The molecule has 0 aliphatic carbocycles. The van der Waals surface area contributed by atoms with E-state index in [0.717, 1.165) is 28.0 Å². The second-order valence-corrected chi connectivity index (χ2v) is 9.45. The van der Waals surface area contributed by atoms with Crippen molar-refractivity contribution in [1.82, 2.24) is 15.1 Å². The predicted molar refractivity (Wildman–Crippen MR) is 140 cm³/mol. The molecule has 196 valence electrons. The first kappa shape index (κ1) is 26.4. The Hall–Kier alpha value is -3.69. The number of nitrogens with zero attached hydrogens (tertiary/aromatic N) is 4. The number of hydrogen-bond donors (Lipinski definition) is 0. The van der Waals surface area contributed by atoms with Gasteiger partial charge in [0.25, 0.3) is 0 Å². The highest BCUT2D eigenvalue weighted by Crippen LogP contribution is 2.30. The van der Waals surface area contributed by atoms with Crippen LogP contribution in [0.2, 0.25) is 0 Å². The van der Waals surface area contributed by atoms with Gasteiger partial charge < -0.3 is 13.9 Å². The van der Waals surface area contributed by atoms with Crippen LogP contribution in [0.1, 0.15) is 43.4 Å². The number of hydrazone groups is 1. The molecule has 4 rings (SSSR count). The Labute approximate surface area is 217 Å². The number of aryl methyl sites for hydroxylation is 2. The van der Waals surface area contributed by atoms with E-state index in [1.165, 1.54) is 0 Å². The van der Waals surface area contributed by atoms with Crippen LogP contribution >= 0.6 is 0 Å². The molecule has 0 spiro atoms. The molecule has 0 bridgehead atoms. The Morgan fingerprint density at radius 3 is 2.51 bits per heavy atom. The quantitative estimate of drug-likeness (QED) is 0.340. The average molecular weight is 507 g/mol. The zero-order valence-electron chi connectivity index (χ0n) is 22.1. The predicted octanol–water partition coefficient (Wildman–Crippen LogP) is 4.87. The molecule has 9 nitrogen and oxygen atoms in total. The highest BCUT2D eigenvalue weighted by Gasteiger charge is 2.32. The van der Waals surface area contributed by atoms with E-state index in [4.69, 9.17) is 18.7 Å². The Balaban J connectivity index is 1.52. The van der Waals surface area contributed by atoms with E-state index in [2.05, 4.69) is 27.1 Å². The summed E-state index contributed by atoms with van der Waals surface area (Å²) >= 11 is 0. The molecule has 0 unspecified atom stereocenters. The minimum absolute atomic E-state index is 0.306. The van der Waals surface area contributed by atoms with E-state index in [-0.39, 0.29) is 0 Å². The number of rotatable bonds is 11. The maximum atomic E-state index is 12.3. The van der Waals surface area contributed by atoms with Gasteiger partial charge in [-0.05, 0) is 51.3 Å². The second kappa shape index (κ2) is 11.6. The molecular formula is C28H34N4O5. The van der Waals surface area contributed by atoms with E-state index >= 15 is 0 Å². The molecule has 0 amide bonds. The van der Waals surface area contributed by atoms with Crippen molar-refractivity contribution in [3.8, 4) is 17.1 Å². The summed E-state index contributed by atoms with van der Waals surface area (Å²) in [5.41, 5.74) is 2.84. The number of esters is 1. The zero-order valence-corrected chi connectivity index (χ0v) is 22.1. The van der Waals surface area contributed by atoms with Crippen molar-refractivity contribution >= 4 is 12.2 Å². The first-order valence-corrected chi connectivity index (χ1v) is 12.4. The molecule has 1 aliphatic heterocycles. The number of hydrogen-bond acceptors (Lipinski definition) is 9. The molecule has 1 aromatic heterocycles. The van der Waals surface area contributed by atoms with E-state index < -0.39 is 11.6 Å². The summed E-state index contributed by atoms with van der Waals surface area (Å²) in [5, 5.41) is 5.82. The highest BCUT2D eigenvalue weighted by atomic mass is 16.7. The van der Waals surface area contributed by atoms with Crippen molar-refractivity contribution in [2.45, 2.75) is 53.3 Å². The van der Waals surface area contributed by atoms with Crippen molar-refractivity contribution < 1.29 is 23.5 Å². The number of carbonyl (C=O) groups excluding carboxylic acids is 1. The van der Waals surface area contributed by atoms with E-state index in [9.17, 15) is 4.79 Å². The standard InChI is InChI=1S/C28H34N4O5/c1-6-34-27(33)28(4,5)37-26-20(2)14-22(15-21(26)3)17-31(19-32-30-12-13-35-32)18-25-29-16-24(36-25)23-10-8-7-9-11-23/h7-12,14-16H,6,13,17-19H2,1-5H3. The third-order valence-corrected chi connectivity index (χ3v) is 5.85. The summed E-state index contributed by atoms with van der Waals surface area (Å²) in [6, 6.07) is 14.0. The molecule has 2 aromatic carbocycles. The zero-order chi connectivity index (χ0) is 26.4. The van der Waals surface area contributed by atoms with Crippen LogP contribution in [0.5, 0.6) is 5.75 Å². The minimum atomic E-state index is -1.09. The monoisotopic (exact) mass is 506 g/mol. The minimum Gasteiger partial charge on any atom is -0.476 e. The Bertz CT molecular complexity index is 1220. The molecule has 0 fully saturated rings. The highest BCUT2D eigenvalue weighted by molar-refractivity contribution is 5.79. The molecule has 37 heavy (non-hydrogen) atoms. The lowest BCUT2D eigenvalue weighted by Crippen LogP contribution is -2.40. The normalized spacial score (nSPS) is 13.4. The lowest BCUT2D eigenvalue weighted by atomic mass is 10.0. The van der Waals surface area contributed by atoms with Gasteiger partial charge in [-0.25, -0.2) is 14.6 Å². The fraction of sp³-hybridized carbons (Fsp3) is 0.393. The lowest BCUT2D eigenvalue weighted by Gasteiger charge is -2.27. The number of carbonyl (C=O) groups is 1. The molecule has 1 aliphatic rings. The van der Waals surface area contributed by atoms with Crippen LogP contribution in [0.25, 0.3) is 11.3 Å². The van der Waals surface area contributed by atoms with Gasteiger partial charge in [0, 0.05) is 12.1 Å². The van der Waals surface area contributed by atoms with Gasteiger partial charge in [-0.15, -0.1) is 0 Å². The molecule has 3 aromatic rings. The van der Waals surface area contributed by atoms with Gasteiger partial charge in [0.1, 0.15) is 19.0 Å². The Kier molecular flexibility index (Phi) is 8.25. The number of oxazole rings is 1. The van der Waals surface area contributed by atoms with Crippen molar-refractivity contribution in [2.75, 3.05) is 19.9 Å². The average Bonchev–Trinajstić information content (AvgIpc) is 3.55. The van der Waals surface area contributed by atoms with Gasteiger partial charge in [0.15, 0.2) is 11.4 Å². The van der Waals surface area contributed by atoms with Crippen LogP contribution in [0.15, 0.2) is 58.2 Å². The summed E-state index contributed by atoms with van der Waals surface area (Å²) in [6.07, 6.45) is 3.47. The fourth-order valence-corrected chi connectivity index (χ4v) is 4.14. The van der Waals surface area contributed by atoms with Crippen LogP contribution < -0.4 is 4.74 Å². The van der Waals surface area contributed by atoms with Gasteiger partial charge in [-0.3, -0.25) is 4.90 Å². The molecular weight excluding hydrogens is 472 g/mol. The third-order valence-electron chi connectivity index (χ3n) is 5.85. The first-order chi connectivity index (χ1) is 17.7. The Morgan fingerprint density at radius 2 is 1.86 bits per heavy atom. The Morgan fingerprint density at radius 1 is 1.14 bits per heavy atom. The second-order valence-electron chi connectivity index (χ2n) is 9.45. The smallest absolute Gasteiger partial charge is 0.349 e. The summed E-state index contributed by atoms with van der Waals surface area (Å²) in [5.74, 6) is 1.62. The fourth-order valence-electron chi connectivity index (χ4n) is 4.14. The van der Waals surface area contributed by atoms with Gasteiger partial charge in [-0.2, -0.15) is 10.3 Å². The summed E-state index contributed by atoms with van der Waals surface area (Å²) < 4.78 is 17.3. The van der Waals surface area contributed by atoms with Gasteiger partial charge in [-0.1, -0.05) is 42.5 Å². The summed E-state index contributed by atoms with van der Waals surface area (Å²) in [6.45, 7) is 11.4. The molecule has 0 radical (unpaired) electrons. The van der Waals surface area contributed by atoms with E-state index in [1.54, 1.807) is 38.4 Å². The number of benzene rings is 2. The number of aromatic nitrogens is 1. The molecule has 0 saturated heterocycles. The van der Waals surface area contributed by atoms with Crippen molar-refractivity contribution in [1.29, 1.82) is 0 Å². The third kappa shape index (κ3) is 6.75. The molecule has 0 N–H and O–H groups in total. The van der Waals surface area contributed by atoms with Gasteiger partial charge in [0.2, 0.25) is 5.89 Å². The molecule has 2 heterocycles. The molecule has 9 heteroatoms. The van der Waals surface area contributed by atoms with Crippen LogP contribution in [0.4, 0.5) is 0 Å². The van der Waals surface area contributed by atoms with Crippen molar-refractivity contribution in [2.24, 2.45) is 5.10 Å². The maximum absolute atomic E-state index is 12.3. The molecule has 0 saturated carbocycles. The molecule has 0 atom stereocenters. The lowest BCUT2D eigenvalue weighted by molar-refractivity contribution is -0.158. The maximum Gasteiger partial charge on any atom is 0.349 e. The van der Waals surface area contributed by atoms with Crippen LogP contribution in [-0.4, -0.2) is 52.7 Å². The SMILES string of the molecule is CCOC(=O)C(C)(C)Oc1c(C)cc(CN(Cc2ncc(-c3ccccc3)o2)CN2N=CCO2)cc1C. The van der Waals surface area contributed by atoms with E-state index in [0.29, 0.717) is 44.6 Å². The van der Waals surface area contributed by atoms with Crippen LogP contribution in [-0.2, 0) is 27.5 Å². The first-order valence-electron chi connectivity index (χ1n) is 12.4. The number of ether oxygens (including phenoxy) is 2. The van der Waals surface area contributed by atoms with Crippen molar-refractivity contribution in [3.05, 3.63) is 71.2 Å².